The van der Waals surface area contributed by atoms with E-state index in [0.717, 1.165) is 45.6 Å². The van der Waals surface area contributed by atoms with Crippen molar-refractivity contribution in [1.82, 2.24) is 29.5 Å². The van der Waals surface area contributed by atoms with Crippen LogP contribution in [0.15, 0.2) is 66.6 Å². The van der Waals surface area contributed by atoms with E-state index in [4.69, 9.17) is 9.72 Å². The van der Waals surface area contributed by atoms with Gasteiger partial charge in [-0.3, -0.25) is 9.36 Å². The predicted molar refractivity (Wildman–Crippen MR) is 138 cm³/mol. The third-order valence-electron chi connectivity index (χ3n) is 6.56. The van der Waals surface area contributed by atoms with Crippen LogP contribution in [0.3, 0.4) is 0 Å². The highest BCUT2D eigenvalue weighted by molar-refractivity contribution is 7.17. The lowest BCUT2D eigenvalue weighted by Gasteiger charge is -2.46. The Morgan fingerprint density at radius 3 is 2.78 bits per heavy atom. The van der Waals surface area contributed by atoms with Gasteiger partial charge in [0.1, 0.15) is 0 Å². The van der Waals surface area contributed by atoms with Crippen molar-refractivity contribution in [3.8, 4) is 17.3 Å². The van der Waals surface area contributed by atoms with Crippen LogP contribution in [0.5, 0.6) is 0 Å². The van der Waals surface area contributed by atoms with E-state index in [-0.39, 0.29) is 11.6 Å². The fourth-order valence-corrected chi connectivity index (χ4v) is 5.53. The van der Waals surface area contributed by atoms with Gasteiger partial charge in [-0.15, -0.1) is 11.3 Å². The van der Waals surface area contributed by atoms with Crippen molar-refractivity contribution in [2.24, 2.45) is 7.05 Å². The van der Waals surface area contributed by atoms with Crippen molar-refractivity contribution in [2.75, 3.05) is 5.32 Å². The van der Waals surface area contributed by atoms with Gasteiger partial charge < -0.3 is 10.1 Å². The molecule has 0 saturated heterocycles. The van der Waals surface area contributed by atoms with Gasteiger partial charge in [-0.2, -0.15) is 15.5 Å². The molecule has 5 aromatic rings. The predicted octanol–water partition coefficient (Wildman–Crippen LogP) is 5.02. The first-order valence-electron chi connectivity index (χ1n) is 11.7. The van der Waals surface area contributed by atoms with Crippen LogP contribution in [0, 0.1) is 11.3 Å². The van der Waals surface area contributed by atoms with Crippen LogP contribution in [-0.4, -0.2) is 35.6 Å². The number of fused-ring (bicyclic) bond motifs is 1. The van der Waals surface area contributed by atoms with E-state index in [2.05, 4.69) is 38.7 Å². The minimum Gasteiger partial charge on any atom is -0.373 e. The summed E-state index contributed by atoms with van der Waals surface area (Å²) in [5.41, 5.74) is 4.18. The quantitative estimate of drug-likeness (QED) is 0.321. The Bertz CT molecular complexity index is 1540. The molecule has 1 N–H and O–H groups in total. The lowest BCUT2D eigenvalue weighted by atomic mass is 9.72. The third-order valence-corrected chi connectivity index (χ3v) is 7.47. The Labute approximate surface area is 212 Å². The third kappa shape index (κ3) is 4.23. The summed E-state index contributed by atoms with van der Waals surface area (Å²) in [6.07, 6.45) is 9.41. The largest absolute Gasteiger partial charge is 0.373 e. The van der Waals surface area contributed by atoms with E-state index < -0.39 is 0 Å². The molecular formula is C26H24N8OS. The number of thiophene rings is 1. The highest BCUT2D eigenvalue weighted by atomic mass is 32.1. The van der Waals surface area contributed by atoms with Crippen LogP contribution in [0.2, 0.25) is 0 Å². The summed E-state index contributed by atoms with van der Waals surface area (Å²) in [6.45, 7) is 0.572. The average Bonchev–Trinajstić information content (AvgIpc) is 3.62. The Hall–Kier alpha value is -4.07. The van der Waals surface area contributed by atoms with E-state index in [1.165, 1.54) is 0 Å². The van der Waals surface area contributed by atoms with Gasteiger partial charge in [0.05, 0.1) is 64.7 Å². The second kappa shape index (κ2) is 9.18. The van der Waals surface area contributed by atoms with Crippen molar-refractivity contribution in [2.45, 2.75) is 37.5 Å². The summed E-state index contributed by atoms with van der Waals surface area (Å²) >= 11 is 1.60. The molecule has 0 spiro atoms. The summed E-state index contributed by atoms with van der Waals surface area (Å²) < 4.78 is 10.8. The molecule has 10 heteroatoms. The molecule has 0 radical (unpaired) electrons. The van der Waals surface area contributed by atoms with Crippen LogP contribution in [0.1, 0.15) is 24.8 Å². The van der Waals surface area contributed by atoms with Gasteiger partial charge in [0.2, 0.25) is 5.95 Å². The molecule has 9 nitrogen and oxygen atoms in total. The van der Waals surface area contributed by atoms with E-state index in [1.54, 1.807) is 22.2 Å². The number of aromatic nitrogens is 6. The molecule has 0 atom stereocenters. The second-order valence-corrected chi connectivity index (χ2v) is 10.0. The van der Waals surface area contributed by atoms with Crippen molar-refractivity contribution >= 4 is 33.2 Å². The normalized spacial score (nSPS) is 19.2. The molecule has 0 unspecified atom stereocenters. The number of nitrogens with zero attached hydrogens (tertiary/aromatic N) is 7. The lowest BCUT2D eigenvalue weighted by molar-refractivity contribution is -0.0838. The number of hydrogen-bond donors (Lipinski definition) is 1. The van der Waals surface area contributed by atoms with Gasteiger partial charge >= 0.3 is 0 Å². The van der Waals surface area contributed by atoms with Crippen molar-refractivity contribution in [1.29, 1.82) is 5.26 Å². The molecule has 4 heterocycles. The minimum absolute atomic E-state index is 0.101. The van der Waals surface area contributed by atoms with Gasteiger partial charge in [-0.1, -0.05) is 30.3 Å². The van der Waals surface area contributed by atoms with Gasteiger partial charge in [0.15, 0.2) is 0 Å². The highest BCUT2D eigenvalue weighted by Crippen LogP contribution is 2.44. The summed E-state index contributed by atoms with van der Waals surface area (Å²) in [5, 5.41) is 23.7. The van der Waals surface area contributed by atoms with E-state index in [9.17, 15) is 5.26 Å². The zero-order valence-electron chi connectivity index (χ0n) is 19.7. The van der Waals surface area contributed by atoms with E-state index in [1.807, 2.05) is 60.0 Å². The smallest absolute Gasteiger partial charge is 0.228 e. The zero-order valence-corrected chi connectivity index (χ0v) is 20.5. The number of ether oxygens (including phenoxy) is 1. The molecule has 6 rings (SSSR count). The van der Waals surface area contributed by atoms with Crippen molar-refractivity contribution in [3.63, 3.8) is 0 Å². The maximum atomic E-state index is 9.57. The number of hydrogen-bond acceptors (Lipinski definition) is 8. The first kappa shape index (κ1) is 22.4. The van der Waals surface area contributed by atoms with E-state index in [0.29, 0.717) is 19.0 Å². The number of nitrogens with one attached hydrogen (secondary N) is 1. The molecule has 0 bridgehead atoms. The van der Waals surface area contributed by atoms with Crippen molar-refractivity contribution in [3.05, 3.63) is 72.1 Å². The highest BCUT2D eigenvalue weighted by Gasteiger charge is 2.47. The lowest BCUT2D eigenvalue weighted by Crippen LogP contribution is -2.50. The Morgan fingerprint density at radius 2 is 2.00 bits per heavy atom. The summed E-state index contributed by atoms with van der Waals surface area (Å²) in [6, 6.07) is 14.5. The molecule has 1 aliphatic carbocycles. The molecule has 180 valence electrons. The molecule has 0 aliphatic heterocycles. The van der Waals surface area contributed by atoms with Gasteiger partial charge in [0, 0.05) is 37.8 Å². The Morgan fingerprint density at radius 1 is 1.14 bits per heavy atom. The number of rotatable bonds is 8. The van der Waals surface area contributed by atoms with Crippen LogP contribution >= 0.6 is 11.3 Å². The number of nitriles is 1. The van der Waals surface area contributed by atoms with Crippen LogP contribution in [0.4, 0.5) is 11.6 Å². The van der Waals surface area contributed by atoms with Crippen molar-refractivity contribution < 1.29 is 4.74 Å². The number of benzene rings is 1. The Balaban J connectivity index is 1.24. The SMILES string of the molecule is Cn1cc(Nc2nc(-c3cnn(C4(CC#N)CC(OCc5ccccc5)C4)c3)c3sccc3n2)cn1. The molecule has 1 fully saturated rings. The fraction of sp³-hybridized carbons (Fsp3) is 0.269. The van der Waals surface area contributed by atoms with Crippen LogP contribution < -0.4 is 5.32 Å². The first-order chi connectivity index (χ1) is 17.6. The van der Waals surface area contributed by atoms with Gasteiger partial charge in [0.25, 0.3) is 0 Å². The molecule has 1 aliphatic rings. The summed E-state index contributed by atoms with van der Waals surface area (Å²) in [4.78, 5) is 9.48. The second-order valence-electron chi connectivity index (χ2n) is 9.12. The average molecular weight is 497 g/mol. The maximum absolute atomic E-state index is 9.57. The molecule has 1 saturated carbocycles. The van der Waals surface area contributed by atoms with E-state index >= 15 is 0 Å². The van der Waals surface area contributed by atoms with Gasteiger partial charge in [-0.25, -0.2) is 9.97 Å². The summed E-state index contributed by atoms with van der Waals surface area (Å²) in [5.74, 6) is 0.501. The molecule has 4 aromatic heterocycles. The molecular weight excluding hydrogens is 472 g/mol. The monoisotopic (exact) mass is 496 g/mol. The molecule has 0 amide bonds. The minimum atomic E-state index is -0.368. The standard InChI is InChI=1S/C26H24N8OS/c1-33-16-20(14-28-33)30-25-31-22-7-10-36-24(22)23(32-25)19-13-29-34(15-19)26(8-9-27)11-21(12-26)35-17-18-5-3-2-4-6-18/h2-7,10,13-16,21H,8,11-12,17H2,1H3,(H,30,31,32). The number of anilines is 2. The maximum Gasteiger partial charge on any atom is 0.228 e. The number of aryl methyl sites for hydroxylation is 1. The molecule has 36 heavy (non-hydrogen) atoms. The zero-order chi connectivity index (χ0) is 24.5. The topological polar surface area (TPSA) is 106 Å². The van der Waals surface area contributed by atoms with Crippen LogP contribution in [-0.2, 0) is 23.9 Å². The van der Waals surface area contributed by atoms with Gasteiger partial charge in [-0.05, 0) is 17.0 Å². The first-order valence-corrected chi connectivity index (χ1v) is 12.6. The Kier molecular flexibility index (Phi) is 5.71. The fourth-order valence-electron chi connectivity index (χ4n) is 4.69. The summed E-state index contributed by atoms with van der Waals surface area (Å²) in [7, 11) is 1.86. The van der Waals surface area contributed by atoms with Crippen LogP contribution in [0.25, 0.3) is 21.5 Å². The molecule has 1 aromatic carbocycles.